The van der Waals surface area contributed by atoms with Crippen LogP contribution in [0.3, 0.4) is 0 Å². The molecule has 1 aliphatic rings. The Labute approximate surface area is 174 Å². The Kier molecular flexibility index (Phi) is 8.22. The molecule has 168 valence electrons. The van der Waals surface area contributed by atoms with E-state index in [2.05, 4.69) is 5.32 Å². The van der Waals surface area contributed by atoms with E-state index in [1.807, 2.05) is 25.7 Å². The third-order valence-electron chi connectivity index (χ3n) is 4.82. The van der Waals surface area contributed by atoms with Crippen molar-refractivity contribution < 1.29 is 27.5 Å². The highest BCUT2D eigenvalue weighted by atomic mass is 19.4. The summed E-state index contributed by atoms with van der Waals surface area (Å²) in [5, 5.41) is 2.55. The minimum Gasteiger partial charge on any atom is -0.370 e. The highest BCUT2D eigenvalue weighted by Gasteiger charge is 2.37. The van der Waals surface area contributed by atoms with Crippen molar-refractivity contribution in [1.82, 2.24) is 4.90 Å². The average Bonchev–Trinajstić information content (AvgIpc) is 2.67. The van der Waals surface area contributed by atoms with E-state index in [9.17, 15) is 22.8 Å². The standard InChI is InChI=1S/C20H29F3N4O3/c1-4-26(11-13(2)3)17(10-24)19(29)25-14-5-6-16(15(9-14)20(21,22)23)27-7-8-30-12-18(27)28/h5-6,9,13,17H,4,7-8,10-12,24H2,1-3H3,(H,25,29)/t17-/m0/s1. The lowest BCUT2D eigenvalue weighted by Gasteiger charge is -2.31. The van der Waals surface area contributed by atoms with Crippen molar-refractivity contribution in [1.29, 1.82) is 0 Å². The SMILES string of the molecule is CCN(CC(C)C)[C@@H](CN)C(=O)Nc1ccc(N2CCOCC2=O)c(C(F)(F)F)c1. The number of likely N-dealkylation sites (N-methyl/N-ethyl adjacent to an activating group) is 1. The third kappa shape index (κ3) is 5.93. The van der Waals surface area contributed by atoms with Gasteiger partial charge >= 0.3 is 6.18 Å². The van der Waals surface area contributed by atoms with Crippen LogP contribution >= 0.6 is 0 Å². The largest absolute Gasteiger partial charge is 0.418 e. The number of hydrogen-bond acceptors (Lipinski definition) is 5. The zero-order valence-electron chi connectivity index (χ0n) is 17.5. The number of anilines is 2. The first-order chi connectivity index (χ1) is 14.1. The van der Waals surface area contributed by atoms with E-state index in [-0.39, 0.29) is 37.7 Å². The van der Waals surface area contributed by atoms with E-state index in [0.717, 1.165) is 11.0 Å². The Morgan fingerprint density at radius 3 is 2.60 bits per heavy atom. The summed E-state index contributed by atoms with van der Waals surface area (Å²) < 4.78 is 46.1. The summed E-state index contributed by atoms with van der Waals surface area (Å²) in [6.07, 6.45) is -4.70. The molecular formula is C20H29F3N4O3. The van der Waals surface area contributed by atoms with Crippen LogP contribution in [0, 0.1) is 5.92 Å². The molecule has 1 atom stereocenters. The lowest BCUT2D eigenvalue weighted by Crippen LogP contribution is -2.49. The fourth-order valence-corrected chi connectivity index (χ4v) is 3.44. The Balaban J connectivity index is 2.29. The molecule has 0 saturated carbocycles. The van der Waals surface area contributed by atoms with Crippen molar-refractivity contribution in [3.8, 4) is 0 Å². The van der Waals surface area contributed by atoms with Crippen LogP contribution in [0.1, 0.15) is 26.3 Å². The predicted molar refractivity (Wildman–Crippen MR) is 108 cm³/mol. The number of hydrogen-bond donors (Lipinski definition) is 2. The van der Waals surface area contributed by atoms with Gasteiger partial charge in [0.25, 0.3) is 5.91 Å². The highest BCUT2D eigenvalue weighted by Crippen LogP contribution is 2.38. The smallest absolute Gasteiger partial charge is 0.370 e. The summed E-state index contributed by atoms with van der Waals surface area (Å²) in [5.41, 5.74) is 4.53. The van der Waals surface area contributed by atoms with Crippen molar-refractivity contribution in [3.63, 3.8) is 0 Å². The molecule has 0 bridgehead atoms. The molecule has 1 aromatic rings. The summed E-state index contributed by atoms with van der Waals surface area (Å²) >= 11 is 0. The normalized spacial score (nSPS) is 16.3. The van der Waals surface area contributed by atoms with E-state index < -0.39 is 29.6 Å². The molecule has 10 heteroatoms. The molecule has 30 heavy (non-hydrogen) atoms. The summed E-state index contributed by atoms with van der Waals surface area (Å²) in [6.45, 7) is 7.09. The van der Waals surface area contributed by atoms with Crippen LogP contribution in [0.2, 0.25) is 0 Å². The number of nitrogens with two attached hydrogens (primary N) is 1. The molecule has 1 aliphatic heterocycles. The first-order valence-electron chi connectivity index (χ1n) is 9.92. The molecular weight excluding hydrogens is 401 g/mol. The molecule has 0 spiro atoms. The van der Waals surface area contributed by atoms with Crippen molar-refractivity contribution in [2.24, 2.45) is 11.7 Å². The molecule has 0 aliphatic carbocycles. The van der Waals surface area contributed by atoms with Crippen LogP contribution < -0.4 is 16.0 Å². The number of halogens is 3. The maximum atomic E-state index is 13.7. The summed E-state index contributed by atoms with van der Waals surface area (Å²) in [5.74, 6) is -0.712. The van der Waals surface area contributed by atoms with E-state index >= 15 is 0 Å². The van der Waals surface area contributed by atoms with Crippen molar-refractivity contribution in [2.45, 2.75) is 33.0 Å². The Hall–Kier alpha value is -2.17. The number of nitrogens with zero attached hydrogens (tertiary/aromatic N) is 2. The van der Waals surface area contributed by atoms with Gasteiger partial charge in [-0.25, -0.2) is 0 Å². The van der Waals surface area contributed by atoms with Gasteiger partial charge in [0, 0.05) is 25.3 Å². The van der Waals surface area contributed by atoms with Crippen LogP contribution in [-0.4, -0.2) is 62.1 Å². The molecule has 1 saturated heterocycles. The number of carbonyl (C=O) groups is 2. The lowest BCUT2D eigenvalue weighted by atomic mass is 10.1. The van der Waals surface area contributed by atoms with E-state index in [4.69, 9.17) is 10.5 Å². The first-order valence-corrected chi connectivity index (χ1v) is 9.92. The van der Waals surface area contributed by atoms with E-state index in [1.54, 1.807) is 0 Å². The molecule has 1 fully saturated rings. The highest BCUT2D eigenvalue weighted by molar-refractivity contribution is 5.98. The monoisotopic (exact) mass is 430 g/mol. The maximum Gasteiger partial charge on any atom is 0.418 e. The molecule has 0 radical (unpaired) electrons. The second-order valence-electron chi connectivity index (χ2n) is 7.55. The lowest BCUT2D eigenvalue weighted by molar-refractivity contribution is -0.137. The Morgan fingerprint density at radius 2 is 2.07 bits per heavy atom. The van der Waals surface area contributed by atoms with Crippen LogP contribution in [0.5, 0.6) is 0 Å². The number of carbonyl (C=O) groups excluding carboxylic acids is 2. The number of nitrogens with one attached hydrogen (secondary N) is 1. The zero-order chi connectivity index (χ0) is 22.5. The first kappa shape index (κ1) is 24.1. The van der Waals surface area contributed by atoms with Gasteiger partial charge in [-0.15, -0.1) is 0 Å². The molecule has 2 rings (SSSR count). The van der Waals surface area contributed by atoms with Crippen LogP contribution in [-0.2, 0) is 20.5 Å². The second-order valence-corrected chi connectivity index (χ2v) is 7.55. The topological polar surface area (TPSA) is 87.9 Å². The van der Waals surface area contributed by atoms with Gasteiger partial charge in [0.05, 0.1) is 17.9 Å². The molecule has 1 heterocycles. The van der Waals surface area contributed by atoms with Gasteiger partial charge in [-0.3, -0.25) is 14.5 Å². The number of ether oxygens (including phenoxy) is 1. The van der Waals surface area contributed by atoms with E-state index in [1.165, 1.54) is 12.1 Å². The minimum absolute atomic E-state index is 0.00386. The molecule has 0 aromatic heterocycles. The molecule has 0 unspecified atom stereocenters. The number of alkyl halides is 3. The van der Waals surface area contributed by atoms with Gasteiger partial charge in [-0.2, -0.15) is 13.2 Å². The fourth-order valence-electron chi connectivity index (χ4n) is 3.44. The molecule has 3 N–H and O–H groups in total. The third-order valence-corrected chi connectivity index (χ3v) is 4.82. The van der Waals surface area contributed by atoms with Crippen molar-refractivity contribution in [2.75, 3.05) is 49.6 Å². The molecule has 2 amide bonds. The summed E-state index contributed by atoms with van der Waals surface area (Å²) in [4.78, 5) is 27.7. The number of morpholine rings is 1. The number of amides is 2. The van der Waals surface area contributed by atoms with Crippen molar-refractivity contribution >= 4 is 23.2 Å². The second kappa shape index (κ2) is 10.2. The van der Waals surface area contributed by atoms with Gasteiger partial charge in [0.2, 0.25) is 5.91 Å². The van der Waals surface area contributed by atoms with Gasteiger partial charge in [0.15, 0.2) is 0 Å². The number of rotatable bonds is 8. The van der Waals surface area contributed by atoms with E-state index in [0.29, 0.717) is 19.0 Å². The van der Waals surface area contributed by atoms with Crippen molar-refractivity contribution in [3.05, 3.63) is 23.8 Å². The number of benzene rings is 1. The molecule has 7 nitrogen and oxygen atoms in total. The zero-order valence-corrected chi connectivity index (χ0v) is 17.5. The van der Waals surface area contributed by atoms with Gasteiger partial charge in [-0.1, -0.05) is 20.8 Å². The Morgan fingerprint density at radius 1 is 1.37 bits per heavy atom. The van der Waals surface area contributed by atoms with Crippen LogP contribution in [0.15, 0.2) is 18.2 Å². The summed E-state index contributed by atoms with van der Waals surface area (Å²) in [7, 11) is 0. The average molecular weight is 430 g/mol. The van der Waals surface area contributed by atoms with Crippen LogP contribution in [0.25, 0.3) is 0 Å². The van der Waals surface area contributed by atoms with Gasteiger partial charge < -0.3 is 20.7 Å². The summed E-state index contributed by atoms with van der Waals surface area (Å²) in [6, 6.07) is 2.75. The molecule has 1 aromatic carbocycles. The minimum atomic E-state index is -4.70. The maximum absolute atomic E-state index is 13.7. The Bertz CT molecular complexity index is 755. The quantitative estimate of drug-likeness (QED) is 0.661. The van der Waals surface area contributed by atoms with Crippen LogP contribution in [0.4, 0.5) is 24.5 Å². The van der Waals surface area contributed by atoms with Gasteiger partial charge in [-0.05, 0) is 30.7 Å². The predicted octanol–water partition coefficient (Wildman–Crippen LogP) is 2.31. The van der Waals surface area contributed by atoms with Gasteiger partial charge in [0.1, 0.15) is 12.6 Å². The fraction of sp³-hybridized carbons (Fsp3) is 0.600.